The molecular weight excluding hydrogens is 519 g/mol. The molecule has 0 rings (SSSR count). The topological polar surface area (TPSA) is 0 Å². The molecule has 0 nitrogen and oxygen atoms in total. The zero-order chi connectivity index (χ0) is 26.1. The number of hydrogen-bond donors (Lipinski definition) is 0. The maximum atomic E-state index is 13.5. The van der Waals surface area contributed by atoms with Crippen molar-refractivity contribution in [3.63, 3.8) is 0 Å². The van der Waals surface area contributed by atoms with Crippen molar-refractivity contribution in [1.82, 2.24) is 0 Å². The zero-order valence-electron chi connectivity index (χ0n) is 12.9. The van der Waals surface area contributed by atoms with Gasteiger partial charge < -0.3 is 0 Å². The van der Waals surface area contributed by atoms with Crippen molar-refractivity contribution in [2.24, 2.45) is 0 Å². The predicted molar refractivity (Wildman–Crippen MR) is 51.1 cm³/mol. The molecule has 0 saturated heterocycles. The molecule has 0 aliphatic carbocycles. The summed E-state index contributed by atoms with van der Waals surface area (Å²) >= 11 is 0. The van der Waals surface area contributed by atoms with Gasteiger partial charge in [-0.1, -0.05) is 0 Å². The first-order chi connectivity index (χ1) is 12.9. The van der Waals surface area contributed by atoms with Crippen LogP contribution in [0.25, 0.3) is 0 Å². The van der Waals surface area contributed by atoms with Gasteiger partial charge in [-0.25, -0.2) is 4.39 Å². The molecule has 0 aromatic rings. The van der Waals surface area contributed by atoms with Gasteiger partial charge in [0.05, 0.1) is 0 Å². The molecule has 0 amide bonds. The molecule has 0 spiro atoms. The van der Waals surface area contributed by atoms with E-state index in [0.29, 0.717) is 0 Å². The second-order valence-electron chi connectivity index (χ2n) is 5.36. The van der Waals surface area contributed by atoms with Crippen molar-refractivity contribution in [1.29, 1.82) is 0 Å². The Morgan fingerprint density at radius 1 is 0.323 bits per heavy atom. The minimum atomic E-state index is -9.34. The van der Waals surface area contributed by atoms with E-state index in [1.54, 1.807) is 0 Å². The van der Waals surface area contributed by atoms with Crippen molar-refractivity contribution >= 4 is 0 Å². The van der Waals surface area contributed by atoms with Crippen LogP contribution in [0.1, 0.15) is 0 Å². The largest absolute Gasteiger partial charge is 0.457 e. The van der Waals surface area contributed by atoms with Gasteiger partial charge in [0.15, 0.2) is 0 Å². The van der Waals surface area contributed by atoms with E-state index in [1.165, 1.54) is 0 Å². The normalized spacial score (nSPS) is 18.4. The first-order valence-electron chi connectivity index (χ1n) is 6.22. The minimum absolute atomic E-state index is 5.26. The highest BCUT2D eigenvalue weighted by molar-refractivity contribution is 5.21. The molecule has 0 aliphatic heterocycles. The Balaban J connectivity index is 7.28. The van der Waals surface area contributed by atoms with E-state index >= 15 is 0 Å². The molecule has 0 N–H and O–H groups in total. The highest BCUT2D eigenvalue weighted by Gasteiger charge is 2.99. The smallest absolute Gasteiger partial charge is 0.219 e. The Hall–Kier alpha value is -1.47. The SMILES string of the molecule is F[C](F)C(F)(F)C(F)(F)C(F)(F)C(F)(F)C(F)(F)C(F)(C(F)(F)F)C(F)(F)C(F)(F)F. The standard InChI is InChI=1S/C10F21/c11-1(12)2(13,14)4(16,17)7(22,23)8(24,25)5(18,19)3(15,9(26,27)28)6(20,21)10(29,30)31. The second-order valence-corrected chi connectivity index (χ2v) is 5.36. The van der Waals surface area contributed by atoms with E-state index in [9.17, 15) is 92.2 Å². The number of halogens is 21. The van der Waals surface area contributed by atoms with Gasteiger partial charge in [-0.05, 0) is 0 Å². The molecule has 0 fully saturated rings. The van der Waals surface area contributed by atoms with Crippen molar-refractivity contribution in [3.8, 4) is 0 Å². The molecule has 1 unspecified atom stereocenters. The monoisotopic (exact) mass is 519 g/mol. The lowest BCUT2D eigenvalue weighted by Crippen LogP contribution is -2.79. The van der Waals surface area contributed by atoms with E-state index in [2.05, 4.69) is 0 Å². The van der Waals surface area contributed by atoms with Crippen LogP contribution in [0.3, 0.4) is 0 Å². The van der Waals surface area contributed by atoms with Crippen LogP contribution >= 0.6 is 0 Å². The molecule has 0 aromatic carbocycles. The second kappa shape index (κ2) is 7.01. The highest BCUT2D eigenvalue weighted by atomic mass is 19.4. The molecule has 21 heteroatoms. The third kappa shape index (κ3) is 3.43. The number of rotatable bonds is 7. The van der Waals surface area contributed by atoms with Gasteiger partial charge in [0.2, 0.25) is 0 Å². The van der Waals surface area contributed by atoms with Crippen LogP contribution in [0, 0.1) is 6.43 Å². The van der Waals surface area contributed by atoms with Gasteiger partial charge in [0.25, 0.3) is 0 Å². The lowest BCUT2D eigenvalue weighted by atomic mass is 9.81. The number of hydrogen-bond acceptors (Lipinski definition) is 0. The Labute approximate surface area is 153 Å². The fourth-order valence-electron chi connectivity index (χ4n) is 1.68. The van der Waals surface area contributed by atoms with Crippen molar-refractivity contribution in [2.75, 3.05) is 0 Å². The molecule has 0 saturated carbocycles. The lowest BCUT2D eigenvalue weighted by molar-refractivity contribution is -0.475. The Bertz CT molecular complexity index is 648. The summed E-state index contributed by atoms with van der Waals surface area (Å²) in [5.74, 6) is -52.9. The molecule has 0 bridgehead atoms. The molecule has 1 radical (unpaired) electrons. The molecule has 0 aromatic heterocycles. The summed E-state index contributed by atoms with van der Waals surface area (Å²) in [6, 6.07) is 0. The fourth-order valence-corrected chi connectivity index (χ4v) is 1.68. The summed E-state index contributed by atoms with van der Waals surface area (Å²) in [5, 5.41) is 0. The lowest BCUT2D eigenvalue weighted by Gasteiger charge is -2.45. The van der Waals surface area contributed by atoms with Crippen LogP contribution in [0.2, 0.25) is 0 Å². The molecular formula is C10F21. The van der Waals surface area contributed by atoms with Crippen molar-refractivity contribution in [3.05, 3.63) is 6.43 Å². The van der Waals surface area contributed by atoms with Crippen molar-refractivity contribution < 1.29 is 92.2 Å². The summed E-state index contributed by atoms with van der Waals surface area (Å²) in [7, 11) is 0. The van der Waals surface area contributed by atoms with Gasteiger partial charge in [-0.2, -0.15) is 87.8 Å². The molecule has 1 atom stereocenters. The molecule has 0 heterocycles. The first kappa shape index (κ1) is 29.5. The van der Waals surface area contributed by atoms with Gasteiger partial charge in [-0.3, -0.25) is 0 Å². The molecule has 187 valence electrons. The fraction of sp³-hybridized carbons (Fsp3) is 0.900. The zero-order valence-corrected chi connectivity index (χ0v) is 12.9. The van der Waals surface area contributed by atoms with Gasteiger partial charge in [0, 0.05) is 0 Å². The van der Waals surface area contributed by atoms with Crippen LogP contribution in [0.4, 0.5) is 92.2 Å². The van der Waals surface area contributed by atoms with Crippen LogP contribution in [0.15, 0.2) is 0 Å². The van der Waals surface area contributed by atoms with Gasteiger partial charge in [0.1, 0.15) is 0 Å². The maximum absolute atomic E-state index is 13.5. The van der Waals surface area contributed by atoms with Crippen LogP contribution in [-0.4, -0.2) is 53.6 Å². The van der Waals surface area contributed by atoms with E-state index in [0.717, 1.165) is 0 Å². The summed E-state index contributed by atoms with van der Waals surface area (Å²) < 4.78 is 265. The average Bonchev–Trinajstić information content (AvgIpc) is 2.50. The van der Waals surface area contributed by atoms with Crippen LogP contribution in [0.5, 0.6) is 0 Å². The van der Waals surface area contributed by atoms with Gasteiger partial charge in [-0.15, -0.1) is 0 Å². The number of alkyl halides is 19. The first-order valence-corrected chi connectivity index (χ1v) is 6.22. The minimum Gasteiger partial charge on any atom is -0.219 e. The quantitative estimate of drug-likeness (QED) is 0.316. The Morgan fingerprint density at radius 3 is 0.839 bits per heavy atom. The maximum Gasteiger partial charge on any atom is 0.457 e. The molecule has 31 heavy (non-hydrogen) atoms. The summed E-state index contributed by atoms with van der Waals surface area (Å²) in [4.78, 5) is 0. The van der Waals surface area contributed by atoms with Crippen LogP contribution < -0.4 is 0 Å². The van der Waals surface area contributed by atoms with E-state index in [4.69, 9.17) is 0 Å². The van der Waals surface area contributed by atoms with Gasteiger partial charge >= 0.3 is 60.0 Å². The van der Waals surface area contributed by atoms with Crippen molar-refractivity contribution in [2.45, 2.75) is 53.6 Å². The predicted octanol–water partition coefficient (Wildman–Crippen LogP) is 7.06. The highest BCUT2D eigenvalue weighted by Crippen LogP contribution is 2.67. The summed E-state index contributed by atoms with van der Waals surface area (Å²) in [5.41, 5.74) is -9.21. The third-order valence-corrected chi connectivity index (χ3v) is 3.43. The van der Waals surface area contributed by atoms with E-state index < -0.39 is 60.0 Å². The average molecular weight is 519 g/mol. The van der Waals surface area contributed by atoms with E-state index in [1.807, 2.05) is 0 Å². The molecule has 0 aliphatic rings. The van der Waals surface area contributed by atoms with Crippen LogP contribution in [-0.2, 0) is 0 Å². The third-order valence-electron chi connectivity index (χ3n) is 3.43. The summed E-state index contributed by atoms with van der Waals surface area (Å²) in [6.45, 7) is 0. The Kier molecular flexibility index (Phi) is 6.68. The van der Waals surface area contributed by atoms with E-state index in [-0.39, 0.29) is 0 Å². The Morgan fingerprint density at radius 2 is 0.613 bits per heavy atom. The summed E-state index contributed by atoms with van der Waals surface area (Å²) in [6.07, 6.45) is -22.2.